The smallest absolute Gasteiger partial charge is 0.201 e. The number of phenolic OH excluding ortho intramolecular Hbond substituents is 2. The summed E-state index contributed by atoms with van der Waals surface area (Å²) in [6, 6.07) is 1.24. The van der Waals surface area contributed by atoms with Crippen molar-refractivity contribution in [1.82, 2.24) is 0 Å². The second-order valence-corrected chi connectivity index (χ2v) is 2.85. The van der Waals surface area contributed by atoms with E-state index in [-0.39, 0.29) is 18.1 Å². The summed E-state index contributed by atoms with van der Waals surface area (Å²) >= 11 is 0. The van der Waals surface area contributed by atoms with Gasteiger partial charge in [0.1, 0.15) is 5.75 Å². The van der Waals surface area contributed by atoms with Gasteiger partial charge < -0.3 is 24.8 Å². The Hall–Kier alpha value is -1.62. The number of hydrogen-bond acceptors (Lipinski definition) is 5. The fourth-order valence-corrected chi connectivity index (χ4v) is 1.30. The lowest BCUT2D eigenvalue weighted by Gasteiger charge is -2.14. The molecule has 0 spiro atoms. The molecule has 0 bridgehead atoms. The van der Waals surface area contributed by atoms with Crippen LogP contribution in [0.15, 0.2) is 6.07 Å². The molecule has 84 valence electrons. The van der Waals surface area contributed by atoms with E-state index < -0.39 is 5.75 Å². The van der Waals surface area contributed by atoms with Crippen molar-refractivity contribution < 1.29 is 24.8 Å². The number of rotatable bonds is 4. The molecule has 0 unspecified atom stereocenters. The highest BCUT2D eigenvalue weighted by atomic mass is 16.5. The average Bonchev–Trinajstić information content (AvgIpc) is 2.23. The Bertz CT molecular complexity index is 348. The molecular weight excluding hydrogens is 200 g/mol. The summed E-state index contributed by atoms with van der Waals surface area (Å²) in [5.41, 5.74) is 0.314. The first-order chi connectivity index (χ1) is 7.15. The van der Waals surface area contributed by atoms with Crippen molar-refractivity contribution in [3.8, 4) is 23.0 Å². The number of aliphatic hydroxyl groups excluding tert-OH is 1. The van der Waals surface area contributed by atoms with Crippen molar-refractivity contribution in [1.29, 1.82) is 0 Å². The molecule has 1 aromatic rings. The minimum Gasteiger partial charge on any atom is -0.504 e. The first-order valence-electron chi connectivity index (χ1n) is 4.51. The maximum Gasteiger partial charge on any atom is 0.201 e. The summed E-state index contributed by atoms with van der Waals surface area (Å²) in [4.78, 5) is 0. The molecule has 15 heavy (non-hydrogen) atoms. The molecule has 0 amide bonds. The Morgan fingerprint density at radius 2 is 2.00 bits per heavy atom. The van der Waals surface area contributed by atoms with Crippen molar-refractivity contribution >= 4 is 0 Å². The Balaban J connectivity index is 3.33. The maximum absolute atomic E-state index is 9.46. The van der Waals surface area contributed by atoms with Crippen LogP contribution in [0.5, 0.6) is 23.0 Å². The van der Waals surface area contributed by atoms with Crippen LogP contribution in [0.4, 0.5) is 0 Å². The van der Waals surface area contributed by atoms with Crippen molar-refractivity contribution in [2.75, 3.05) is 13.7 Å². The largest absolute Gasteiger partial charge is 0.504 e. The predicted octanol–water partition coefficient (Wildman–Crippen LogP) is 0.997. The van der Waals surface area contributed by atoms with E-state index in [0.29, 0.717) is 17.9 Å². The second-order valence-electron chi connectivity index (χ2n) is 2.85. The normalized spacial score (nSPS) is 10.1. The van der Waals surface area contributed by atoms with Crippen molar-refractivity contribution in [3.63, 3.8) is 0 Å². The maximum atomic E-state index is 9.46. The number of benzene rings is 1. The third kappa shape index (κ3) is 2.07. The summed E-state index contributed by atoms with van der Waals surface area (Å²) < 4.78 is 10.1. The summed E-state index contributed by atoms with van der Waals surface area (Å²) in [7, 11) is 1.34. The SMILES string of the molecule is CCOc1cc(O)c(O)c(OC)c1CO. The van der Waals surface area contributed by atoms with Gasteiger partial charge in [-0.1, -0.05) is 0 Å². The van der Waals surface area contributed by atoms with Gasteiger partial charge in [-0.3, -0.25) is 0 Å². The van der Waals surface area contributed by atoms with E-state index in [4.69, 9.17) is 14.6 Å². The van der Waals surface area contributed by atoms with Crippen LogP contribution in [-0.2, 0) is 6.61 Å². The van der Waals surface area contributed by atoms with Gasteiger partial charge in [0.15, 0.2) is 11.5 Å². The lowest BCUT2D eigenvalue weighted by Crippen LogP contribution is -2.00. The van der Waals surface area contributed by atoms with Gasteiger partial charge in [0, 0.05) is 6.07 Å². The zero-order valence-corrected chi connectivity index (χ0v) is 8.65. The molecule has 0 aliphatic rings. The van der Waals surface area contributed by atoms with E-state index in [0.717, 1.165) is 0 Å². The Kier molecular flexibility index (Phi) is 3.62. The third-order valence-corrected chi connectivity index (χ3v) is 1.96. The molecule has 0 heterocycles. The number of methoxy groups -OCH3 is 1. The van der Waals surface area contributed by atoms with E-state index in [1.165, 1.54) is 13.2 Å². The van der Waals surface area contributed by atoms with Crippen LogP contribution >= 0.6 is 0 Å². The zero-order valence-electron chi connectivity index (χ0n) is 8.65. The van der Waals surface area contributed by atoms with Gasteiger partial charge in [0.2, 0.25) is 5.75 Å². The van der Waals surface area contributed by atoms with Crippen LogP contribution in [0, 0.1) is 0 Å². The van der Waals surface area contributed by atoms with E-state index in [1.54, 1.807) is 6.92 Å². The van der Waals surface area contributed by atoms with Gasteiger partial charge in [0.25, 0.3) is 0 Å². The molecule has 1 rings (SSSR count). The predicted molar refractivity (Wildman–Crippen MR) is 53.4 cm³/mol. The second kappa shape index (κ2) is 4.75. The topological polar surface area (TPSA) is 79.2 Å². The molecule has 0 fully saturated rings. The highest BCUT2D eigenvalue weighted by Crippen LogP contribution is 2.43. The summed E-state index contributed by atoms with van der Waals surface area (Å²) in [6.45, 7) is 1.82. The van der Waals surface area contributed by atoms with Gasteiger partial charge in [-0.2, -0.15) is 0 Å². The van der Waals surface area contributed by atoms with E-state index in [9.17, 15) is 10.2 Å². The molecular formula is C10H14O5. The number of ether oxygens (including phenoxy) is 2. The van der Waals surface area contributed by atoms with Gasteiger partial charge in [-0.15, -0.1) is 0 Å². The fraction of sp³-hybridized carbons (Fsp3) is 0.400. The van der Waals surface area contributed by atoms with Crippen molar-refractivity contribution in [3.05, 3.63) is 11.6 Å². The molecule has 0 saturated heterocycles. The van der Waals surface area contributed by atoms with Crippen LogP contribution in [0.3, 0.4) is 0 Å². The van der Waals surface area contributed by atoms with Gasteiger partial charge in [0.05, 0.1) is 25.9 Å². The van der Waals surface area contributed by atoms with Crippen molar-refractivity contribution in [2.45, 2.75) is 13.5 Å². The van der Waals surface area contributed by atoms with E-state index in [2.05, 4.69) is 0 Å². The number of aliphatic hydroxyl groups is 1. The summed E-state index contributed by atoms with van der Waals surface area (Å²) in [5.74, 6) is -0.411. The Morgan fingerprint density at radius 1 is 1.33 bits per heavy atom. The van der Waals surface area contributed by atoms with Crippen LogP contribution in [-0.4, -0.2) is 29.0 Å². The monoisotopic (exact) mass is 214 g/mol. The summed E-state index contributed by atoms with van der Waals surface area (Å²) in [5, 5.41) is 27.9. The molecule has 0 aromatic heterocycles. The lowest BCUT2D eigenvalue weighted by molar-refractivity contribution is 0.253. The molecule has 1 aromatic carbocycles. The summed E-state index contributed by atoms with van der Waals surface area (Å²) in [6.07, 6.45) is 0. The number of phenols is 2. The number of aromatic hydroxyl groups is 2. The zero-order chi connectivity index (χ0) is 11.4. The van der Waals surface area contributed by atoms with Crippen LogP contribution < -0.4 is 9.47 Å². The molecule has 0 saturated carbocycles. The van der Waals surface area contributed by atoms with Crippen LogP contribution in [0.25, 0.3) is 0 Å². The first-order valence-corrected chi connectivity index (χ1v) is 4.51. The Morgan fingerprint density at radius 3 is 2.47 bits per heavy atom. The van der Waals surface area contributed by atoms with Gasteiger partial charge in [-0.25, -0.2) is 0 Å². The van der Waals surface area contributed by atoms with Gasteiger partial charge >= 0.3 is 0 Å². The van der Waals surface area contributed by atoms with E-state index in [1.807, 2.05) is 0 Å². The molecule has 3 N–H and O–H groups in total. The first kappa shape index (κ1) is 11.5. The van der Waals surface area contributed by atoms with E-state index >= 15 is 0 Å². The van der Waals surface area contributed by atoms with Crippen LogP contribution in [0.2, 0.25) is 0 Å². The minimum atomic E-state index is -0.398. The quantitative estimate of drug-likeness (QED) is 0.651. The molecule has 5 heteroatoms. The highest BCUT2D eigenvalue weighted by Gasteiger charge is 2.18. The molecule has 0 aliphatic heterocycles. The Labute approximate surface area is 87.5 Å². The standard InChI is InChI=1S/C10H14O5/c1-3-15-8-4-7(12)9(13)10(14-2)6(8)5-11/h4,11-13H,3,5H2,1-2H3. The van der Waals surface area contributed by atoms with Crippen LogP contribution in [0.1, 0.15) is 12.5 Å². The molecule has 0 radical (unpaired) electrons. The molecule has 0 aliphatic carbocycles. The highest BCUT2D eigenvalue weighted by molar-refractivity contribution is 5.60. The molecule has 0 atom stereocenters. The fourth-order valence-electron chi connectivity index (χ4n) is 1.30. The third-order valence-electron chi connectivity index (χ3n) is 1.96. The minimum absolute atomic E-state index is 0.0287. The lowest BCUT2D eigenvalue weighted by atomic mass is 10.1. The molecule has 5 nitrogen and oxygen atoms in total. The van der Waals surface area contributed by atoms with Crippen molar-refractivity contribution in [2.24, 2.45) is 0 Å². The van der Waals surface area contributed by atoms with Gasteiger partial charge in [-0.05, 0) is 6.92 Å². The number of hydrogen-bond donors (Lipinski definition) is 3. The average molecular weight is 214 g/mol.